The molecular weight excluding hydrogens is 262 g/mol. The van der Waals surface area contributed by atoms with Crippen LogP contribution in [0.1, 0.15) is 11.1 Å². The number of hydrogen-bond donors (Lipinski definition) is 2. The van der Waals surface area contributed by atoms with E-state index in [1.165, 1.54) is 4.90 Å². The Balaban J connectivity index is 1.95. The fraction of sp³-hybridized carbons (Fsp3) is 0.500. The number of rotatable bonds is 6. The second-order valence-electron chi connectivity index (χ2n) is 4.53. The van der Waals surface area contributed by atoms with Gasteiger partial charge in [-0.2, -0.15) is 0 Å². The molecule has 0 spiro atoms. The van der Waals surface area contributed by atoms with Crippen LogP contribution in [0.4, 0.5) is 4.79 Å². The lowest BCUT2D eigenvalue weighted by Gasteiger charge is -2.27. The normalized spacial score (nSPS) is 13.9. The second-order valence-corrected chi connectivity index (χ2v) is 4.53. The van der Waals surface area contributed by atoms with Crippen molar-refractivity contribution in [1.82, 2.24) is 4.90 Å². The van der Waals surface area contributed by atoms with Crippen LogP contribution in [-0.2, 0) is 17.7 Å². The Morgan fingerprint density at radius 3 is 2.90 bits per heavy atom. The summed E-state index contributed by atoms with van der Waals surface area (Å²) in [6.07, 6.45) is -0.227. The van der Waals surface area contributed by atoms with Crippen LogP contribution in [0.25, 0.3) is 0 Å². The highest BCUT2D eigenvalue weighted by Crippen LogP contribution is 2.27. The lowest BCUT2D eigenvalue weighted by atomic mass is 9.99. The maximum absolute atomic E-state index is 11.0. The smallest absolute Gasteiger partial charge is 0.407 e. The van der Waals surface area contributed by atoms with Crippen LogP contribution in [0.2, 0.25) is 0 Å². The number of nitrogens with zero attached hydrogens (tertiary/aromatic N) is 1. The summed E-state index contributed by atoms with van der Waals surface area (Å²) in [5.41, 5.74) is 2.07. The molecule has 0 bridgehead atoms. The minimum Gasteiger partial charge on any atom is -0.491 e. The van der Waals surface area contributed by atoms with Crippen LogP contribution in [0.5, 0.6) is 5.75 Å². The molecule has 1 aromatic carbocycles. The van der Waals surface area contributed by atoms with Crippen molar-refractivity contribution in [3.05, 3.63) is 29.3 Å². The molecule has 0 saturated carbocycles. The van der Waals surface area contributed by atoms with E-state index < -0.39 is 6.09 Å². The van der Waals surface area contributed by atoms with E-state index >= 15 is 0 Å². The van der Waals surface area contributed by atoms with Crippen LogP contribution in [0.15, 0.2) is 18.2 Å². The van der Waals surface area contributed by atoms with E-state index in [1.807, 2.05) is 18.2 Å². The molecule has 0 aliphatic carbocycles. The fourth-order valence-corrected chi connectivity index (χ4v) is 2.25. The molecule has 1 aromatic rings. The van der Waals surface area contributed by atoms with E-state index in [2.05, 4.69) is 0 Å². The Morgan fingerprint density at radius 2 is 2.15 bits per heavy atom. The van der Waals surface area contributed by atoms with Crippen molar-refractivity contribution in [1.29, 1.82) is 0 Å². The number of carboxylic acid groups (broad SMARTS) is 1. The van der Waals surface area contributed by atoms with Gasteiger partial charge in [0.05, 0.1) is 19.8 Å². The molecule has 0 atom stereocenters. The van der Waals surface area contributed by atoms with Gasteiger partial charge in [0.25, 0.3) is 0 Å². The van der Waals surface area contributed by atoms with Gasteiger partial charge in [-0.15, -0.1) is 0 Å². The molecule has 110 valence electrons. The molecule has 0 saturated heterocycles. The van der Waals surface area contributed by atoms with E-state index in [4.69, 9.17) is 19.7 Å². The first-order valence-corrected chi connectivity index (χ1v) is 6.62. The third-order valence-electron chi connectivity index (χ3n) is 3.21. The lowest BCUT2D eigenvalue weighted by molar-refractivity contribution is 0.0701. The van der Waals surface area contributed by atoms with Crippen LogP contribution < -0.4 is 4.74 Å². The minimum atomic E-state index is -0.889. The molecule has 0 radical (unpaired) electrons. The van der Waals surface area contributed by atoms with Gasteiger partial charge in [-0.1, -0.05) is 12.1 Å². The minimum absolute atomic E-state index is 0.00571. The number of benzene rings is 1. The van der Waals surface area contributed by atoms with Crippen LogP contribution in [0.3, 0.4) is 0 Å². The summed E-state index contributed by atoms with van der Waals surface area (Å²) in [6.45, 7) is 2.05. The SMILES string of the molecule is O=C(O)N1CCc2c(cccc2OCCOCCO)C1. The summed E-state index contributed by atoms with van der Waals surface area (Å²) in [7, 11) is 0. The molecular formula is C14H19NO5. The van der Waals surface area contributed by atoms with E-state index in [0.29, 0.717) is 39.3 Å². The van der Waals surface area contributed by atoms with Crippen LogP contribution in [0, 0.1) is 0 Å². The zero-order valence-corrected chi connectivity index (χ0v) is 11.2. The van der Waals surface area contributed by atoms with Gasteiger partial charge in [0.1, 0.15) is 12.4 Å². The monoisotopic (exact) mass is 281 g/mol. The predicted octanol–water partition coefficient (Wildman–Crippen LogP) is 1.11. The molecule has 0 unspecified atom stereocenters. The highest BCUT2D eigenvalue weighted by molar-refractivity contribution is 5.65. The van der Waals surface area contributed by atoms with E-state index in [9.17, 15) is 4.79 Å². The molecule has 20 heavy (non-hydrogen) atoms. The molecule has 1 aliphatic heterocycles. The Labute approximate surface area is 117 Å². The van der Waals surface area contributed by atoms with Gasteiger partial charge >= 0.3 is 6.09 Å². The lowest BCUT2D eigenvalue weighted by Crippen LogP contribution is -2.34. The Bertz CT molecular complexity index is 463. The standard InChI is InChI=1S/C14H19NO5/c16-6-7-19-8-9-20-13-3-1-2-11-10-15(14(17)18)5-4-12(11)13/h1-3,16H,4-10H2,(H,17,18). The highest BCUT2D eigenvalue weighted by Gasteiger charge is 2.22. The third kappa shape index (κ3) is 3.61. The second kappa shape index (κ2) is 7.12. The Morgan fingerprint density at radius 1 is 1.30 bits per heavy atom. The quantitative estimate of drug-likeness (QED) is 0.764. The molecule has 2 N–H and O–H groups in total. The van der Waals surface area contributed by atoms with Gasteiger partial charge in [-0.25, -0.2) is 4.79 Å². The van der Waals surface area contributed by atoms with Crippen molar-refractivity contribution >= 4 is 6.09 Å². The Hall–Kier alpha value is -1.79. The summed E-state index contributed by atoms with van der Waals surface area (Å²) < 4.78 is 10.8. The first kappa shape index (κ1) is 14.6. The molecule has 1 aliphatic rings. The van der Waals surface area contributed by atoms with Crippen molar-refractivity contribution < 1.29 is 24.5 Å². The van der Waals surface area contributed by atoms with Gasteiger partial charge in [0.15, 0.2) is 0 Å². The largest absolute Gasteiger partial charge is 0.491 e. The molecule has 6 nitrogen and oxygen atoms in total. The van der Waals surface area contributed by atoms with Crippen LogP contribution >= 0.6 is 0 Å². The average Bonchev–Trinajstić information content (AvgIpc) is 2.46. The van der Waals surface area contributed by atoms with E-state index in [-0.39, 0.29) is 6.61 Å². The number of ether oxygens (including phenoxy) is 2. The summed E-state index contributed by atoms with van der Waals surface area (Å²) in [4.78, 5) is 12.4. The molecule has 1 heterocycles. The number of hydrogen-bond acceptors (Lipinski definition) is 4. The van der Waals surface area contributed by atoms with E-state index in [1.54, 1.807) is 0 Å². The fourth-order valence-electron chi connectivity index (χ4n) is 2.25. The molecule has 2 rings (SSSR count). The van der Waals surface area contributed by atoms with Crippen molar-refractivity contribution in [3.63, 3.8) is 0 Å². The van der Waals surface area contributed by atoms with Crippen molar-refractivity contribution in [2.24, 2.45) is 0 Å². The van der Waals surface area contributed by atoms with Gasteiger partial charge < -0.3 is 24.6 Å². The van der Waals surface area contributed by atoms with Crippen molar-refractivity contribution in [2.75, 3.05) is 33.0 Å². The van der Waals surface area contributed by atoms with Gasteiger partial charge in [0, 0.05) is 18.7 Å². The van der Waals surface area contributed by atoms with Crippen molar-refractivity contribution in [2.45, 2.75) is 13.0 Å². The van der Waals surface area contributed by atoms with Gasteiger partial charge in [-0.05, 0) is 18.1 Å². The van der Waals surface area contributed by atoms with Crippen molar-refractivity contribution in [3.8, 4) is 5.75 Å². The molecule has 6 heteroatoms. The topological polar surface area (TPSA) is 79.2 Å². The first-order valence-electron chi connectivity index (χ1n) is 6.62. The van der Waals surface area contributed by atoms with Gasteiger partial charge in [0.2, 0.25) is 0 Å². The maximum atomic E-state index is 11.0. The predicted molar refractivity (Wildman–Crippen MR) is 72.0 cm³/mol. The number of amides is 1. The van der Waals surface area contributed by atoms with Crippen LogP contribution in [-0.4, -0.2) is 54.2 Å². The maximum Gasteiger partial charge on any atom is 0.407 e. The summed E-state index contributed by atoms with van der Waals surface area (Å²) in [6, 6.07) is 5.69. The number of aliphatic hydroxyl groups excluding tert-OH is 1. The highest BCUT2D eigenvalue weighted by atomic mass is 16.5. The zero-order chi connectivity index (χ0) is 14.4. The molecule has 0 aromatic heterocycles. The molecule has 1 amide bonds. The third-order valence-corrected chi connectivity index (χ3v) is 3.21. The van der Waals surface area contributed by atoms with E-state index in [0.717, 1.165) is 16.9 Å². The summed E-state index contributed by atoms with van der Waals surface area (Å²) in [5.74, 6) is 0.792. The summed E-state index contributed by atoms with van der Waals surface area (Å²) in [5, 5.41) is 17.6. The number of fused-ring (bicyclic) bond motifs is 1. The zero-order valence-electron chi connectivity index (χ0n) is 11.2. The number of aliphatic hydroxyl groups is 1. The molecule has 0 fully saturated rings. The number of carbonyl (C=O) groups is 1. The Kier molecular flexibility index (Phi) is 5.20. The van der Waals surface area contributed by atoms with Gasteiger partial charge in [-0.3, -0.25) is 0 Å². The average molecular weight is 281 g/mol. The first-order chi connectivity index (χ1) is 9.72. The summed E-state index contributed by atoms with van der Waals surface area (Å²) >= 11 is 0.